The quantitative estimate of drug-likeness (QED) is 0.920. The fourth-order valence-electron chi connectivity index (χ4n) is 1.72. The van der Waals surface area contributed by atoms with E-state index in [0.717, 1.165) is 17.2 Å². The highest BCUT2D eigenvalue weighted by atomic mass is 35.5. The molecule has 0 spiro atoms. The van der Waals surface area contributed by atoms with Crippen LogP contribution in [0.3, 0.4) is 0 Å². The van der Waals surface area contributed by atoms with Gasteiger partial charge in [0.05, 0.1) is 6.54 Å². The summed E-state index contributed by atoms with van der Waals surface area (Å²) in [6.45, 7) is 0.363. The second kappa shape index (κ2) is 8.29. The van der Waals surface area contributed by atoms with E-state index in [1.54, 1.807) is 0 Å². The van der Waals surface area contributed by atoms with Gasteiger partial charge in [0.15, 0.2) is 0 Å². The molecule has 112 valence electrons. The van der Waals surface area contributed by atoms with E-state index in [4.69, 9.17) is 4.74 Å². The van der Waals surface area contributed by atoms with E-state index in [1.807, 2.05) is 73.6 Å². The molecule has 1 amide bonds. The highest BCUT2D eigenvalue weighted by Gasteiger charge is 2.04. The summed E-state index contributed by atoms with van der Waals surface area (Å²) in [5.41, 5.74) is 0.761. The zero-order chi connectivity index (χ0) is 14.4. The normalized spacial score (nSPS) is 9.86. The van der Waals surface area contributed by atoms with Crippen molar-refractivity contribution in [3.05, 3.63) is 54.6 Å². The molecule has 2 aromatic carbocycles. The molecule has 0 atom stereocenters. The number of nitrogens with zero attached hydrogens (tertiary/aromatic N) is 1. The smallest absolute Gasteiger partial charge is 0.238 e. The van der Waals surface area contributed by atoms with Gasteiger partial charge >= 0.3 is 0 Å². The van der Waals surface area contributed by atoms with Crippen LogP contribution in [0, 0.1) is 0 Å². The molecule has 0 unspecified atom stereocenters. The zero-order valence-electron chi connectivity index (χ0n) is 12.1. The van der Waals surface area contributed by atoms with Crippen molar-refractivity contribution in [2.24, 2.45) is 0 Å². The van der Waals surface area contributed by atoms with E-state index >= 15 is 0 Å². The second-order valence-corrected chi connectivity index (χ2v) is 4.73. The number of amides is 1. The Hall–Kier alpha value is -2.04. The van der Waals surface area contributed by atoms with Crippen LogP contribution in [0.25, 0.3) is 0 Å². The zero-order valence-corrected chi connectivity index (χ0v) is 12.9. The number of benzene rings is 2. The van der Waals surface area contributed by atoms with E-state index in [9.17, 15) is 4.79 Å². The number of carbonyl (C=O) groups excluding carboxylic acids is 1. The number of rotatable bonds is 5. The number of para-hydroxylation sites is 1. The average Bonchev–Trinajstić information content (AvgIpc) is 2.41. The Labute approximate surface area is 131 Å². The molecule has 5 heteroatoms. The van der Waals surface area contributed by atoms with E-state index in [2.05, 4.69) is 5.32 Å². The van der Waals surface area contributed by atoms with Gasteiger partial charge in [-0.25, -0.2) is 0 Å². The lowest BCUT2D eigenvalue weighted by Gasteiger charge is -2.10. The lowest BCUT2D eigenvalue weighted by Crippen LogP contribution is -2.26. The first-order valence-corrected chi connectivity index (χ1v) is 6.41. The minimum absolute atomic E-state index is 0. The van der Waals surface area contributed by atoms with E-state index in [1.165, 1.54) is 0 Å². The predicted molar refractivity (Wildman–Crippen MR) is 87.4 cm³/mol. The molecule has 2 rings (SSSR count). The van der Waals surface area contributed by atoms with Crippen LogP contribution in [0.5, 0.6) is 11.5 Å². The van der Waals surface area contributed by atoms with Gasteiger partial charge < -0.3 is 15.0 Å². The highest BCUT2D eigenvalue weighted by molar-refractivity contribution is 5.92. The average molecular weight is 307 g/mol. The first kappa shape index (κ1) is 17.0. The molecule has 0 radical (unpaired) electrons. The van der Waals surface area contributed by atoms with Crippen molar-refractivity contribution >= 4 is 24.0 Å². The molecule has 0 fully saturated rings. The number of hydrogen-bond acceptors (Lipinski definition) is 3. The van der Waals surface area contributed by atoms with Crippen molar-refractivity contribution in [2.75, 3.05) is 26.0 Å². The summed E-state index contributed by atoms with van der Waals surface area (Å²) >= 11 is 0. The Morgan fingerprint density at radius 1 is 1.00 bits per heavy atom. The number of halogens is 1. The summed E-state index contributed by atoms with van der Waals surface area (Å²) in [6.07, 6.45) is 0. The van der Waals surface area contributed by atoms with Crippen LogP contribution in [0.1, 0.15) is 0 Å². The minimum Gasteiger partial charge on any atom is -0.457 e. The van der Waals surface area contributed by atoms with Gasteiger partial charge in [-0.2, -0.15) is 0 Å². The standard InChI is InChI=1S/C16H18N2O2.ClH/c1-18(2)12-16(19)17-13-8-10-15(11-9-13)20-14-6-4-3-5-7-14;/h3-11H,12H2,1-2H3,(H,17,19);1H. The van der Waals surface area contributed by atoms with Gasteiger partial charge in [-0.15, -0.1) is 12.4 Å². The first-order valence-electron chi connectivity index (χ1n) is 6.41. The summed E-state index contributed by atoms with van der Waals surface area (Å²) in [5, 5.41) is 2.83. The van der Waals surface area contributed by atoms with Crippen molar-refractivity contribution in [1.29, 1.82) is 0 Å². The minimum atomic E-state index is -0.0354. The number of likely N-dealkylation sites (N-methyl/N-ethyl adjacent to an activating group) is 1. The lowest BCUT2D eigenvalue weighted by atomic mass is 10.3. The fraction of sp³-hybridized carbons (Fsp3) is 0.188. The number of ether oxygens (including phenoxy) is 1. The molecular formula is C16H19ClN2O2. The van der Waals surface area contributed by atoms with Crippen LogP contribution in [0.2, 0.25) is 0 Å². The van der Waals surface area contributed by atoms with Crippen LogP contribution in [-0.2, 0) is 4.79 Å². The topological polar surface area (TPSA) is 41.6 Å². The first-order chi connectivity index (χ1) is 9.63. The maximum Gasteiger partial charge on any atom is 0.238 e. The van der Waals surface area contributed by atoms with Crippen LogP contribution in [-0.4, -0.2) is 31.4 Å². The summed E-state index contributed by atoms with van der Waals surface area (Å²) < 4.78 is 5.68. The molecule has 0 aliphatic carbocycles. The van der Waals surface area contributed by atoms with Crippen molar-refractivity contribution in [3.63, 3.8) is 0 Å². The largest absolute Gasteiger partial charge is 0.457 e. The van der Waals surface area contributed by atoms with Crippen molar-refractivity contribution in [1.82, 2.24) is 4.90 Å². The molecular weight excluding hydrogens is 288 g/mol. The van der Waals surface area contributed by atoms with E-state index in [0.29, 0.717) is 6.54 Å². The van der Waals surface area contributed by atoms with Gasteiger partial charge in [-0.05, 0) is 50.5 Å². The summed E-state index contributed by atoms with van der Waals surface area (Å²) in [6, 6.07) is 16.9. The lowest BCUT2D eigenvalue weighted by molar-refractivity contribution is -0.116. The third-order valence-corrected chi connectivity index (χ3v) is 2.58. The number of anilines is 1. The fourth-order valence-corrected chi connectivity index (χ4v) is 1.72. The van der Waals surface area contributed by atoms with E-state index < -0.39 is 0 Å². The Morgan fingerprint density at radius 2 is 1.57 bits per heavy atom. The summed E-state index contributed by atoms with van der Waals surface area (Å²) in [7, 11) is 3.72. The van der Waals surface area contributed by atoms with Crippen molar-refractivity contribution in [3.8, 4) is 11.5 Å². The Morgan fingerprint density at radius 3 is 2.14 bits per heavy atom. The molecule has 0 saturated heterocycles. The molecule has 21 heavy (non-hydrogen) atoms. The SMILES string of the molecule is CN(C)CC(=O)Nc1ccc(Oc2ccccc2)cc1.Cl. The molecule has 0 saturated carbocycles. The molecule has 0 aliphatic rings. The summed E-state index contributed by atoms with van der Waals surface area (Å²) in [4.78, 5) is 13.4. The van der Waals surface area contributed by atoms with Crippen molar-refractivity contribution in [2.45, 2.75) is 0 Å². The molecule has 0 bridgehead atoms. The second-order valence-electron chi connectivity index (χ2n) is 4.73. The van der Waals surface area contributed by atoms with Crippen LogP contribution in [0.4, 0.5) is 5.69 Å². The Bertz CT molecular complexity index is 556. The van der Waals surface area contributed by atoms with Gasteiger partial charge in [-0.1, -0.05) is 18.2 Å². The monoisotopic (exact) mass is 306 g/mol. The van der Waals surface area contributed by atoms with Crippen LogP contribution >= 0.6 is 12.4 Å². The van der Waals surface area contributed by atoms with Gasteiger partial charge in [-0.3, -0.25) is 4.79 Å². The van der Waals surface area contributed by atoms with Gasteiger partial charge in [0.25, 0.3) is 0 Å². The van der Waals surface area contributed by atoms with Crippen molar-refractivity contribution < 1.29 is 9.53 Å². The predicted octanol–water partition coefficient (Wildman–Crippen LogP) is 3.40. The van der Waals surface area contributed by atoms with Crippen LogP contribution < -0.4 is 10.1 Å². The van der Waals surface area contributed by atoms with Gasteiger partial charge in [0, 0.05) is 5.69 Å². The third kappa shape index (κ3) is 5.85. The molecule has 0 aliphatic heterocycles. The van der Waals surface area contributed by atoms with Gasteiger partial charge in [0.1, 0.15) is 11.5 Å². The number of carbonyl (C=O) groups is 1. The third-order valence-electron chi connectivity index (χ3n) is 2.58. The molecule has 4 nitrogen and oxygen atoms in total. The highest BCUT2D eigenvalue weighted by Crippen LogP contribution is 2.22. The molecule has 0 aromatic heterocycles. The Kier molecular flexibility index (Phi) is 6.72. The Balaban J connectivity index is 0.00000220. The molecule has 0 heterocycles. The number of hydrogen-bond donors (Lipinski definition) is 1. The summed E-state index contributed by atoms with van der Waals surface area (Å²) in [5.74, 6) is 1.49. The number of nitrogens with one attached hydrogen (secondary N) is 1. The van der Waals surface area contributed by atoms with E-state index in [-0.39, 0.29) is 18.3 Å². The maximum absolute atomic E-state index is 11.6. The maximum atomic E-state index is 11.6. The molecule has 1 N–H and O–H groups in total. The van der Waals surface area contributed by atoms with Gasteiger partial charge in [0.2, 0.25) is 5.91 Å². The van der Waals surface area contributed by atoms with Crippen LogP contribution in [0.15, 0.2) is 54.6 Å². The molecule has 2 aromatic rings.